The van der Waals surface area contributed by atoms with Crippen LogP contribution < -0.4 is 5.48 Å². The van der Waals surface area contributed by atoms with E-state index in [4.69, 9.17) is 5.21 Å². The smallest absolute Gasteiger partial charge is 0.267 e. The van der Waals surface area contributed by atoms with E-state index >= 15 is 0 Å². The Kier molecular flexibility index (Phi) is 7.82. The van der Waals surface area contributed by atoms with Crippen molar-refractivity contribution in [2.75, 3.05) is 0 Å². The Morgan fingerprint density at radius 3 is 2.06 bits per heavy atom. The van der Waals surface area contributed by atoms with Crippen LogP contribution in [0.15, 0.2) is 71.6 Å². The molecule has 0 spiro atoms. The minimum atomic E-state index is -4.81. The van der Waals surface area contributed by atoms with Crippen molar-refractivity contribution in [3.05, 3.63) is 107 Å². The van der Waals surface area contributed by atoms with Gasteiger partial charge in [-0.1, -0.05) is 54.6 Å². The molecule has 0 fully saturated rings. The molecule has 11 heteroatoms. The summed E-state index contributed by atoms with van der Waals surface area (Å²) in [6.07, 6.45) is 2.47. The van der Waals surface area contributed by atoms with E-state index < -0.39 is 44.1 Å². The van der Waals surface area contributed by atoms with E-state index in [-0.39, 0.29) is 19.2 Å². The molecule has 0 aliphatic carbocycles. The van der Waals surface area contributed by atoms with E-state index in [1.165, 1.54) is 23.7 Å². The van der Waals surface area contributed by atoms with Gasteiger partial charge in [0, 0.05) is 25.2 Å². The molecule has 0 radical (unpaired) electrons. The first-order valence-corrected chi connectivity index (χ1v) is 11.2. The van der Waals surface area contributed by atoms with Crippen LogP contribution in [0.4, 0.5) is 17.6 Å². The van der Waals surface area contributed by atoms with E-state index in [0.717, 1.165) is 10.4 Å². The highest BCUT2D eigenvalue weighted by Gasteiger charge is 2.32. The van der Waals surface area contributed by atoms with Gasteiger partial charge >= 0.3 is 0 Å². The number of nitrogens with one attached hydrogen (secondary N) is 1. The summed E-state index contributed by atoms with van der Waals surface area (Å²) >= 11 is 0. The van der Waals surface area contributed by atoms with Crippen LogP contribution in [0.25, 0.3) is 6.08 Å². The van der Waals surface area contributed by atoms with Crippen LogP contribution in [0.3, 0.4) is 0 Å². The van der Waals surface area contributed by atoms with Gasteiger partial charge in [0.2, 0.25) is 10.0 Å². The zero-order valence-electron chi connectivity index (χ0n) is 17.4. The average molecular weight is 494 g/mol. The van der Waals surface area contributed by atoms with Crippen LogP contribution in [0.5, 0.6) is 0 Å². The molecule has 0 aliphatic rings. The molecule has 3 aromatic carbocycles. The van der Waals surface area contributed by atoms with Gasteiger partial charge in [-0.15, -0.1) is 0 Å². The van der Waals surface area contributed by atoms with Crippen molar-refractivity contribution in [1.82, 2.24) is 9.79 Å². The maximum absolute atomic E-state index is 14.4. The number of benzene rings is 3. The number of rotatable bonds is 8. The van der Waals surface area contributed by atoms with Crippen LogP contribution in [0.2, 0.25) is 0 Å². The number of sulfonamides is 1. The number of hydrogen-bond donors (Lipinski definition) is 2. The Morgan fingerprint density at radius 2 is 1.47 bits per heavy atom. The van der Waals surface area contributed by atoms with Gasteiger partial charge < -0.3 is 0 Å². The van der Waals surface area contributed by atoms with Crippen molar-refractivity contribution in [1.29, 1.82) is 0 Å². The van der Waals surface area contributed by atoms with Gasteiger partial charge in [0.05, 0.1) is 0 Å². The molecule has 34 heavy (non-hydrogen) atoms. The highest BCUT2D eigenvalue weighted by Crippen LogP contribution is 2.27. The maximum Gasteiger partial charge on any atom is 0.267 e. The SMILES string of the molecule is O=C(/C=C/c1ccc(CN(Cc2ccccc2)S(=O)(=O)c2cc(F)c(F)c(F)c2F)cc1)NO. The number of carbonyl (C=O) groups is 1. The van der Waals surface area contributed by atoms with Gasteiger partial charge in [-0.05, 0) is 22.8 Å². The number of hydroxylamine groups is 1. The number of nitrogens with zero attached hydrogens (tertiary/aromatic N) is 1. The zero-order valence-corrected chi connectivity index (χ0v) is 18.2. The molecule has 6 nitrogen and oxygen atoms in total. The lowest BCUT2D eigenvalue weighted by molar-refractivity contribution is -0.124. The first kappa shape index (κ1) is 25.1. The number of hydrogen-bond acceptors (Lipinski definition) is 4. The molecule has 0 aromatic heterocycles. The summed E-state index contributed by atoms with van der Waals surface area (Å²) in [6, 6.07) is 14.5. The number of halogens is 4. The molecule has 0 aliphatic heterocycles. The van der Waals surface area contributed by atoms with Gasteiger partial charge in [0.15, 0.2) is 23.3 Å². The fourth-order valence-corrected chi connectivity index (χ4v) is 4.52. The minimum absolute atomic E-state index is 0.112. The number of carbonyl (C=O) groups excluding carboxylic acids is 1. The second-order valence-corrected chi connectivity index (χ2v) is 9.01. The van der Waals surface area contributed by atoms with Crippen molar-refractivity contribution >= 4 is 22.0 Å². The fourth-order valence-electron chi connectivity index (χ4n) is 3.04. The maximum atomic E-state index is 14.4. The molecule has 0 saturated heterocycles. The molecule has 3 rings (SSSR count). The third-order valence-electron chi connectivity index (χ3n) is 4.76. The third kappa shape index (κ3) is 5.68. The average Bonchev–Trinajstić information content (AvgIpc) is 2.84. The summed E-state index contributed by atoms with van der Waals surface area (Å²) in [5, 5.41) is 8.51. The first-order valence-electron chi connectivity index (χ1n) is 9.71. The van der Waals surface area contributed by atoms with Crippen LogP contribution in [0.1, 0.15) is 16.7 Å². The molecular weight excluding hydrogens is 476 g/mol. The lowest BCUT2D eigenvalue weighted by Crippen LogP contribution is -2.31. The van der Waals surface area contributed by atoms with Crippen molar-refractivity contribution in [3.8, 4) is 0 Å². The molecular formula is C23H18F4N2O4S. The topological polar surface area (TPSA) is 86.7 Å². The lowest BCUT2D eigenvalue weighted by Gasteiger charge is -2.23. The molecule has 0 unspecified atom stereocenters. The van der Waals surface area contributed by atoms with Crippen LogP contribution in [-0.4, -0.2) is 23.8 Å². The first-order chi connectivity index (χ1) is 16.1. The summed E-state index contributed by atoms with van der Waals surface area (Å²) in [5.41, 5.74) is 2.95. The van der Waals surface area contributed by atoms with E-state index in [0.29, 0.717) is 16.7 Å². The van der Waals surface area contributed by atoms with Gasteiger partial charge in [-0.3, -0.25) is 10.0 Å². The van der Waals surface area contributed by atoms with Gasteiger partial charge in [0.1, 0.15) is 4.90 Å². The monoisotopic (exact) mass is 494 g/mol. The summed E-state index contributed by atoms with van der Waals surface area (Å²) in [7, 11) is -4.81. The van der Waals surface area contributed by atoms with Crippen LogP contribution in [0, 0.1) is 23.3 Å². The van der Waals surface area contributed by atoms with E-state index in [2.05, 4.69) is 0 Å². The van der Waals surface area contributed by atoms with E-state index in [9.17, 15) is 30.8 Å². The molecule has 2 N–H and O–H groups in total. The third-order valence-corrected chi connectivity index (χ3v) is 6.56. The van der Waals surface area contributed by atoms with Crippen molar-refractivity contribution in [2.45, 2.75) is 18.0 Å². The second kappa shape index (κ2) is 10.6. The van der Waals surface area contributed by atoms with Crippen molar-refractivity contribution < 1.29 is 36.0 Å². The quantitative estimate of drug-likeness (QED) is 0.123. The predicted octanol–water partition coefficient (Wildman–Crippen LogP) is 4.15. The lowest BCUT2D eigenvalue weighted by atomic mass is 10.1. The molecule has 0 heterocycles. The molecule has 0 atom stereocenters. The highest BCUT2D eigenvalue weighted by molar-refractivity contribution is 7.89. The number of amides is 1. The van der Waals surface area contributed by atoms with Gasteiger partial charge in [-0.2, -0.15) is 4.31 Å². The molecule has 0 bridgehead atoms. The Morgan fingerprint density at radius 1 is 0.882 bits per heavy atom. The molecule has 1 amide bonds. The van der Waals surface area contributed by atoms with E-state index in [1.54, 1.807) is 42.5 Å². The Balaban J connectivity index is 1.98. The summed E-state index contributed by atoms with van der Waals surface area (Å²) in [6.45, 7) is -0.569. The van der Waals surface area contributed by atoms with E-state index in [1.807, 2.05) is 0 Å². The summed E-state index contributed by atoms with van der Waals surface area (Å²) in [5.74, 6) is -8.92. The van der Waals surface area contributed by atoms with Gasteiger partial charge in [-0.25, -0.2) is 31.5 Å². The normalized spacial score (nSPS) is 11.8. The highest BCUT2D eigenvalue weighted by atomic mass is 32.2. The second-order valence-electron chi connectivity index (χ2n) is 7.11. The predicted molar refractivity (Wildman–Crippen MR) is 115 cm³/mol. The molecule has 0 saturated carbocycles. The molecule has 3 aromatic rings. The van der Waals surface area contributed by atoms with Gasteiger partial charge in [0.25, 0.3) is 5.91 Å². The Hall–Kier alpha value is -3.54. The zero-order chi connectivity index (χ0) is 24.9. The van der Waals surface area contributed by atoms with Crippen molar-refractivity contribution in [2.24, 2.45) is 0 Å². The van der Waals surface area contributed by atoms with Crippen molar-refractivity contribution in [3.63, 3.8) is 0 Å². The standard InChI is InChI=1S/C23H18F4N2O4S/c24-18-12-19(22(26)23(27)21(18)25)34(32,33)29(13-16-4-2-1-3-5-16)14-17-8-6-15(7-9-17)10-11-20(30)28-31/h1-12,31H,13-14H2,(H,28,30)/b11-10+. The Labute approximate surface area is 192 Å². The molecule has 178 valence electrons. The Bertz CT molecular complexity index is 1320. The fraction of sp³-hybridized carbons (Fsp3) is 0.0870. The van der Waals surface area contributed by atoms with Crippen LogP contribution >= 0.6 is 0 Å². The largest absolute Gasteiger partial charge is 0.288 e. The summed E-state index contributed by atoms with van der Waals surface area (Å²) in [4.78, 5) is 9.76. The van der Waals surface area contributed by atoms with Crippen LogP contribution in [-0.2, 0) is 27.9 Å². The summed E-state index contributed by atoms with van der Waals surface area (Å²) < 4.78 is 82.5. The minimum Gasteiger partial charge on any atom is -0.288 e.